The van der Waals surface area contributed by atoms with E-state index in [-0.39, 0.29) is 11.8 Å². The van der Waals surface area contributed by atoms with Gasteiger partial charge in [0.1, 0.15) is 0 Å². The number of thiophene rings is 2. The van der Waals surface area contributed by atoms with Crippen molar-refractivity contribution < 1.29 is 9.59 Å². The van der Waals surface area contributed by atoms with Gasteiger partial charge in [-0.1, -0.05) is 20.8 Å². The predicted octanol–water partition coefficient (Wildman–Crippen LogP) is 4.84. The lowest BCUT2D eigenvalue weighted by molar-refractivity contribution is -0.123. The van der Waals surface area contributed by atoms with E-state index in [0.717, 1.165) is 15.8 Å². The van der Waals surface area contributed by atoms with Gasteiger partial charge in [-0.2, -0.15) is 0 Å². The highest BCUT2D eigenvalue weighted by Crippen LogP contribution is 2.28. The number of aryl methyl sites for hydroxylation is 1. The first-order valence-corrected chi connectivity index (χ1v) is 10.0. The van der Waals surface area contributed by atoms with Crippen molar-refractivity contribution in [2.24, 2.45) is 5.41 Å². The van der Waals surface area contributed by atoms with Gasteiger partial charge in [-0.25, -0.2) is 0 Å². The lowest BCUT2D eigenvalue weighted by Crippen LogP contribution is -2.27. The molecular formula is C17H21BrN2O2S2. The zero-order valence-electron chi connectivity index (χ0n) is 14.2. The molecule has 2 N–H and O–H groups in total. The van der Waals surface area contributed by atoms with Gasteiger partial charge < -0.3 is 10.6 Å². The Hall–Kier alpha value is -1.18. The number of carbonyl (C=O) groups is 2. The summed E-state index contributed by atoms with van der Waals surface area (Å²) in [5.41, 5.74) is 0.413. The molecular weight excluding hydrogens is 408 g/mol. The SMILES string of the molecule is Cc1cc(NC(=O)C(C)(C)C)sc1C(=O)NCCc1ccc(Br)s1. The number of halogens is 1. The molecule has 24 heavy (non-hydrogen) atoms. The smallest absolute Gasteiger partial charge is 0.261 e. The summed E-state index contributed by atoms with van der Waals surface area (Å²) >= 11 is 6.42. The number of hydrogen-bond acceptors (Lipinski definition) is 4. The molecule has 4 nitrogen and oxygen atoms in total. The molecule has 0 spiro atoms. The largest absolute Gasteiger partial charge is 0.351 e. The van der Waals surface area contributed by atoms with E-state index in [4.69, 9.17) is 0 Å². The van der Waals surface area contributed by atoms with Gasteiger partial charge in [-0.3, -0.25) is 9.59 Å². The summed E-state index contributed by atoms with van der Waals surface area (Å²) < 4.78 is 1.09. The third-order valence-electron chi connectivity index (χ3n) is 3.33. The van der Waals surface area contributed by atoms with Crippen LogP contribution in [0.4, 0.5) is 5.00 Å². The van der Waals surface area contributed by atoms with Crippen LogP contribution >= 0.6 is 38.6 Å². The molecule has 2 amide bonds. The van der Waals surface area contributed by atoms with Crippen LogP contribution in [-0.4, -0.2) is 18.4 Å². The minimum atomic E-state index is -0.463. The molecule has 0 saturated heterocycles. The Morgan fingerprint density at radius 2 is 1.92 bits per heavy atom. The summed E-state index contributed by atoms with van der Waals surface area (Å²) in [6, 6.07) is 5.91. The number of carbonyl (C=O) groups excluding carboxylic acids is 2. The van der Waals surface area contributed by atoms with E-state index in [0.29, 0.717) is 16.4 Å². The second kappa shape index (κ2) is 7.80. The van der Waals surface area contributed by atoms with Crippen LogP contribution in [0.2, 0.25) is 0 Å². The van der Waals surface area contributed by atoms with Crippen molar-refractivity contribution in [2.75, 3.05) is 11.9 Å². The van der Waals surface area contributed by atoms with Crippen LogP contribution in [0.3, 0.4) is 0 Å². The fourth-order valence-corrected chi connectivity index (χ4v) is 4.40. The molecule has 0 aliphatic rings. The van der Waals surface area contributed by atoms with Crippen molar-refractivity contribution in [2.45, 2.75) is 34.1 Å². The summed E-state index contributed by atoms with van der Waals surface area (Å²) in [7, 11) is 0. The van der Waals surface area contributed by atoms with Gasteiger partial charge >= 0.3 is 0 Å². The molecule has 2 aromatic rings. The molecule has 7 heteroatoms. The highest BCUT2D eigenvalue weighted by Gasteiger charge is 2.23. The number of anilines is 1. The minimum Gasteiger partial charge on any atom is -0.351 e. The third kappa shape index (κ3) is 5.16. The molecule has 0 aliphatic carbocycles. The van der Waals surface area contributed by atoms with Crippen LogP contribution in [-0.2, 0) is 11.2 Å². The molecule has 2 aromatic heterocycles. The fraction of sp³-hybridized carbons (Fsp3) is 0.412. The van der Waals surface area contributed by atoms with E-state index in [1.807, 2.05) is 39.8 Å². The van der Waals surface area contributed by atoms with Gasteiger partial charge in [0.15, 0.2) is 0 Å². The molecule has 0 radical (unpaired) electrons. The summed E-state index contributed by atoms with van der Waals surface area (Å²) in [5, 5.41) is 6.53. The second-order valence-corrected chi connectivity index (χ2v) is 10.1. The first kappa shape index (κ1) is 19.1. The van der Waals surface area contributed by atoms with E-state index in [9.17, 15) is 9.59 Å². The molecule has 0 aliphatic heterocycles. The van der Waals surface area contributed by atoms with Crippen molar-refractivity contribution in [1.29, 1.82) is 0 Å². The van der Waals surface area contributed by atoms with Crippen molar-refractivity contribution in [1.82, 2.24) is 5.32 Å². The molecule has 0 aromatic carbocycles. The van der Waals surface area contributed by atoms with E-state index >= 15 is 0 Å². The van der Waals surface area contributed by atoms with Crippen molar-refractivity contribution in [3.63, 3.8) is 0 Å². The summed E-state index contributed by atoms with van der Waals surface area (Å²) in [6.45, 7) is 8.05. The van der Waals surface area contributed by atoms with Crippen LogP contribution in [0.1, 0.15) is 40.9 Å². The summed E-state index contributed by atoms with van der Waals surface area (Å²) in [4.78, 5) is 26.3. The van der Waals surface area contributed by atoms with E-state index < -0.39 is 5.41 Å². The number of amides is 2. The average Bonchev–Trinajstić information content (AvgIpc) is 3.04. The van der Waals surface area contributed by atoms with Gasteiger partial charge in [0, 0.05) is 16.8 Å². The van der Waals surface area contributed by atoms with Crippen LogP contribution in [0, 0.1) is 12.3 Å². The van der Waals surface area contributed by atoms with Crippen LogP contribution in [0.5, 0.6) is 0 Å². The topological polar surface area (TPSA) is 58.2 Å². The Bertz CT molecular complexity index is 744. The first-order chi connectivity index (χ1) is 11.2. The number of hydrogen-bond donors (Lipinski definition) is 2. The third-order valence-corrected chi connectivity index (χ3v) is 6.16. The standard InChI is InChI=1S/C17H21BrN2O2S2/c1-10-9-13(20-16(22)17(2,3)4)24-14(10)15(21)19-8-7-11-5-6-12(18)23-11/h5-6,9H,7-8H2,1-4H3,(H,19,21)(H,20,22). The Morgan fingerprint density at radius 1 is 1.21 bits per heavy atom. The van der Waals surface area contributed by atoms with Gasteiger partial charge in [-0.05, 0) is 53.0 Å². The van der Waals surface area contributed by atoms with E-state index in [1.54, 1.807) is 11.3 Å². The summed E-state index contributed by atoms with van der Waals surface area (Å²) in [6.07, 6.45) is 0.806. The Morgan fingerprint density at radius 3 is 2.50 bits per heavy atom. The van der Waals surface area contributed by atoms with Crippen LogP contribution in [0.25, 0.3) is 0 Å². The van der Waals surface area contributed by atoms with Crippen LogP contribution in [0.15, 0.2) is 22.0 Å². The summed E-state index contributed by atoms with van der Waals surface area (Å²) in [5.74, 6) is -0.150. The quantitative estimate of drug-likeness (QED) is 0.715. The minimum absolute atomic E-state index is 0.0565. The highest BCUT2D eigenvalue weighted by molar-refractivity contribution is 9.11. The highest BCUT2D eigenvalue weighted by atomic mass is 79.9. The monoisotopic (exact) mass is 428 g/mol. The average molecular weight is 429 g/mol. The maximum atomic E-state index is 12.3. The molecule has 0 saturated carbocycles. The zero-order chi connectivity index (χ0) is 17.9. The van der Waals surface area contributed by atoms with Crippen molar-refractivity contribution in [3.8, 4) is 0 Å². The Balaban J connectivity index is 1.93. The molecule has 0 atom stereocenters. The molecule has 2 rings (SSSR count). The molecule has 130 valence electrons. The number of rotatable bonds is 5. The molecule has 0 unspecified atom stereocenters. The van der Waals surface area contributed by atoms with Gasteiger partial charge in [-0.15, -0.1) is 22.7 Å². The Kier molecular flexibility index (Phi) is 6.22. The maximum Gasteiger partial charge on any atom is 0.261 e. The van der Waals surface area contributed by atoms with Crippen molar-refractivity contribution >= 4 is 55.4 Å². The van der Waals surface area contributed by atoms with E-state index in [2.05, 4.69) is 32.6 Å². The first-order valence-electron chi connectivity index (χ1n) is 7.61. The molecule has 0 fully saturated rings. The van der Waals surface area contributed by atoms with Gasteiger partial charge in [0.25, 0.3) is 5.91 Å². The van der Waals surface area contributed by atoms with Crippen LogP contribution < -0.4 is 10.6 Å². The van der Waals surface area contributed by atoms with E-state index in [1.165, 1.54) is 16.2 Å². The lowest BCUT2D eigenvalue weighted by atomic mass is 9.96. The second-order valence-electron chi connectivity index (χ2n) is 6.54. The molecule has 0 bridgehead atoms. The molecule has 2 heterocycles. The van der Waals surface area contributed by atoms with Crippen molar-refractivity contribution in [3.05, 3.63) is 37.3 Å². The Labute approximate surface area is 158 Å². The lowest BCUT2D eigenvalue weighted by Gasteiger charge is -2.16. The zero-order valence-corrected chi connectivity index (χ0v) is 17.4. The predicted molar refractivity (Wildman–Crippen MR) is 105 cm³/mol. The van der Waals surface area contributed by atoms with Gasteiger partial charge in [0.2, 0.25) is 5.91 Å². The number of nitrogens with one attached hydrogen (secondary N) is 2. The normalized spacial score (nSPS) is 11.4. The fourth-order valence-electron chi connectivity index (χ4n) is 1.93. The maximum absolute atomic E-state index is 12.3. The van der Waals surface area contributed by atoms with Gasteiger partial charge in [0.05, 0.1) is 13.7 Å².